The van der Waals surface area contributed by atoms with Gasteiger partial charge in [-0.05, 0) is 43.5 Å². The Morgan fingerprint density at radius 2 is 1.87 bits per heavy atom. The number of furan rings is 1. The summed E-state index contributed by atoms with van der Waals surface area (Å²) in [6, 6.07) is 10.2. The molecule has 160 valence electrons. The second-order valence-electron chi connectivity index (χ2n) is 8.63. The molecule has 0 spiro atoms. The highest BCUT2D eigenvalue weighted by atomic mass is 19.1. The molecule has 1 aliphatic rings. The zero-order valence-electron chi connectivity index (χ0n) is 18.0. The molecule has 31 heavy (non-hydrogen) atoms. The maximum atomic E-state index is 14.2. The van der Waals surface area contributed by atoms with E-state index in [1.54, 1.807) is 19.2 Å². The number of aryl methyl sites for hydroxylation is 2. The zero-order valence-corrected chi connectivity index (χ0v) is 18.0. The monoisotopic (exact) mass is 421 g/mol. The van der Waals surface area contributed by atoms with Crippen LogP contribution in [-0.4, -0.2) is 13.7 Å². The van der Waals surface area contributed by atoms with Crippen molar-refractivity contribution in [2.24, 2.45) is 20.0 Å². The first kappa shape index (κ1) is 19.6. The molecule has 1 aromatic carbocycles. The molecule has 4 heterocycles. The van der Waals surface area contributed by atoms with Gasteiger partial charge in [-0.3, -0.25) is 13.9 Å². The molecular weight excluding hydrogens is 397 g/mol. The van der Waals surface area contributed by atoms with Gasteiger partial charge in [-0.1, -0.05) is 19.1 Å². The van der Waals surface area contributed by atoms with Crippen molar-refractivity contribution in [2.75, 3.05) is 0 Å². The largest absolute Gasteiger partial charge is 0.466 e. The summed E-state index contributed by atoms with van der Waals surface area (Å²) in [4.78, 5) is 26.2. The van der Waals surface area contributed by atoms with Crippen molar-refractivity contribution in [1.82, 2.24) is 13.7 Å². The standard InChI is InChI=1S/C24H24FN3O3/c1-13-10-17(18-9-8-14(2)31-18)21-22-19(23(29)27(4)24(30)26(22)3)20(28(21)12-13)15-6-5-7-16(25)11-15/h5-9,11,13,17H,10,12H2,1-4H3. The van der Waals surface area contributed by atoms with Crippen LogP contribution in [0, 0.1) is 18.7 Å². The van der Waals surface area contributed by atoms with E-state index in [0.717, 1.165) is 28.2 Å². The fourth-order valence-corrected chi connectivity index (χ4v) is 5.01. The first-order valence-corrected chi connectivity index (χ1v) is 10.4. The van der Waals surface area contributed by atoms with Crippen LogP contribution < -0.4 is 11.2 Å². The lowest BCUT2D eigenvalue weighted by Crippen LogP contribution is -2.37. The second kappa shape index (κ2) is 6.83. The van der Waals surface area contributed by atoms with Crippen LogP contribution in [0.2, 0.25) is 0 Å². The Balaban J connectivity index is 1.98. The van der Waals surface area contributed by atoms with E-state index in [9.17, 15) is 14.0 Å². The number of fused-ring (bicyclic) bond motifs is 3. The summed E-state index contributed by atoms with van der Waals surface area (Å²) in [5.41, 5.74) is 1.99. The highest BCUT2D eigenvalue weighted by molar-refractivity contribution is 5.96. The van der Waals surface area contributed by atoms with Crippen molar-refractivity contribution in [1.29, 1.82) is 0 Å². The van der Waals surface area contributed by atoms with E-state index in [4.69, 9.17) is 4.42 Å². The van der Waals surface area contributed by atoms with Gasteiger partial charge < -0.3 is 8.98 Å². The molecule has 0 radical (unpaired) electrons. The molecule has 0 aliphatic carbocycles. The maximum absolute atomic E-state index is 14.2. The zero-order chi connectivity index (χ0) is 22.0. The van der Waals surface area contributed by atoms with Crippen molar-refractivity contribution in [3.63, 3.8) is 0 Å². The lowest BCUT2D eigenvalue weighted by atomic mass is 9.87. The minimum Gasteiger partial charge on any atom is -0.466 e. The molecule has 2 atom stereocenters. The first-order chi connectivity index (χ1) is 14.8. The topological polar surface area (TPSA) is 62.1 Å². The van der Waals surface area contributed by atoms with Gasteiger partial charge in [0.25, 0.3) is 5.56 Å². The Labute approximate surface area is 178 Å². The fraction of sp³-hybridized carbons (Fsp3) is 0.333. The quantitative estimate of drug-likeness (QED) is 0.493. The van der Waals surface area contributed by atoms with Crippen LogP contribution in [0.15, 0.2) is 50.4 Å². The average molecular weight is 421 g/mol. The fourth-order valence-electron chi connectivity index (χ4n) is 5.01. The van der Waals surface area contributed by atoms with Crippen LogP contribution in [0.3, 0.4) is 0 Å². The van der Waals surface area contributed by atoms with Gasteiger partial charge in [0, 0.05) is 26.2 Å². The number of hydrogen-bond acceptors (Lipinski definition) is 3. The van der Waals surface area contributed by atoms with E-state index >= 15 is 0 Å². The third-order valence-electron chi connectivity index (χ3n) is 6.37. The van der Waals surface area contributed by atoms with Crippen LogP contribution in [-0.2, 0) is 20.6 Å². The van der Waals surface area contributed by atoms with Gasteiger partial charge in [-0.2, -0.15) is 0 Å². The molecule has 4 aromatic rings. The van der Waals surface area contributed by atoms with E-state index in [1.807, 2.05) is 19.1 Å². The molecule has 6 nitrogen and oxygen atoms in total. The lowest BCUT2D eigenvalue weighted by molar-refractivity contribution is 0.340. The summed E-state index contributed by atoms with van der Waals surface area (Å²) in [7, 11) is 3.16. The minimum atomic E-state index is -0.385. The summed E-state index contributed by atoms with van der Waals surface area (Å²) < 4.78 is 24.9. The molecule has 0 bridgehead atoms. The van der Waals surface area contributed by atoms with Crippen LogP contribution in [0.4, 0.5) is 4.39 Å². The Hall–Kier alpha value is -3.35. The molecule has 0 saturated heterocycles. The SMILES string of the molecule is Cc1ccc(C2CC(C)Cn3c(-c4cccc(F)c4)c4c(=O)n(C)c(=O)n(C)c4c32)o1. The van der Waals surface area contributed by atoms with E-state index in [-0.39, 0.29) is 23.0 Å². The normalized spacial score (nSPS) is 18.5. The van der Waals surface area contributed by atoms with Gasteiger partial charge in [-0.15, -0.1) is 0 Å². The third-order valence-corrected chi connectivity index (χ3v) is 6.37. The summed E-state index contributed by atoms with van der Waals surface area (Å²) >= 11 is 0. The Kier molecular flexibility index (Phi) is 4.32. The van der Waals surface area contributed by atoms with Crippen LogP contribution >= 0.6 is 0 Å². The van der Waals surface area contributed by atoms with E-state index in [1.165, 1.54) is 23.7 Å². The third kappa shape index (κ3) is 2.83. The van der Waals surface area contributed by atoms with E-state index < -0.39 is 0 Å². The first-order valence-electron chi connectivity index (χ1n) is 10.4. The summed E-state index contributed by atoms with van der Waals surface area (Å²) in [5.74, 6) is 1.44. The van der Waals surface area contributed by atoms with Crippen LogP contribution in [0.25, 0.3) is 22.2 Å². The molecular formula is C24H24FN3O3. The molecule has 1 aliphatic heterocycles. The smallest absolute Gasteiger partial charge is 0.331 e. The summed E-state index contributed by atoms with van der Waals surface area (Å²) in [5, 5.41) is 0.438. The Morgan fingerprint density at radius 3 is 2.55 bits per heavy atom. The van der Waals surface area contributed by atoms with Gasteiger partial charge in [0.1, 0.15) is 17.3 Å². The Bertz CT molecular complexity index is 1450. The van der Waals surface area contributed by atoms with Crippen LogP contribution in [0.1, 0.15) is 36.5 Å². The van der Waals surface area contributed by atoms with Crippen molar-refractivity contribution >= 4 is 10.9 Å². The number of rotatable bonds is 2. The van der Waals surface area contributed by atoms with Gasteiger partial charge >= 0.3 is 5.69 Å². The van der Waals surface area contributed by atoms with Crippen molar-refractivity contribution in [3.8, 4) is 11.3 Å². The number of benzene rings is 1. The molecule has 2 unspecified atom stereocenters. The van der Waals surface area contributed by atoms with Crippen LogP contribution in [0.5, 0.6) is 0 Å². The van der Waals surface area contributed by atoms with Crippen molar-refractivity contribution in [2.45, 2.75) is 32.7 Å². The number of hydrogen-bond donors (Lipinski definition) is 0. The molecule has 0 fully saturated rings. The highest BCUT2D eigenvalue weighted by Gasteiger charge is 2.35. The van der Waals surface area contributed by atoms with Gasteiger partial charge in [0.05, 0.1) is 28.2 Å². The lowest BCUT2D eigenvalue weighted by Gasteiger charge is -2.30. The summed E-state index contributed by atoms with van der Waals surface area (Å²) in [6.07, 6.45) is 0.831. The highest BCUT2D eigenvalue weighted by Crippen LogP contribution is 2.44. The molecule has 7 heteroatoms. The van der Waals surface area contributed by atoms with Crippen molar-refractivity contribution < 1.29 is 8.81 Å². The molecule has 3 aromatic heterocycles. The van der Waals surface area contributed by atoms with Gasteiger partial charge in [-0.25, -0.2) is 9.18 Å². The predicted molar refractivity (Wildman–Crippen MR) is 117 cm³/mol. The van der Waals surface area contributed by atoms with E-state index in [0.29, 0.717) is 34.6 Å². The molecule has 0 amide bonds. The molecule has 0 saturated carbocycles. The number of aromatic nitrogens is 3. The molecule has 0 N–H and O–H groups in total. The average Bonchev–Trinajstić information content (AvgIpc) is 3.31. The minimum absolute atomic E-state index is 0.111. The predicted octanol–water partition coefficient (Wildman–Crippen LogP) is 3.92. The Morgan fingerprint density at radius 1 is 1.10 bits per heavy atom. The number of nitrogens with zero attached hydrogens (tertiary/aromatic N) is 3. The maximum Gasteiger partial charge on any atom is 0.331 e. The van der Waals surface area contributed by atoms with Gasteiger partial charge in [0.2, 0.25) is 0 Å². The second-order valence-corrected chi connectivity index (χ2v) is 8.63. The molecule has 5 rings (SSSR count). The van der Waals surface area contributed by atoms with Crippen molar-refractivity contribution in [3.05, 3.63) is 80.3 Å². The number of halogens is 1. The summed E-state index contributed by atoms with van der Waals surface area (Å²) in [6.45, 7) is 4.73. The van der Waals surface area contributed by atoms with E-state index in [2.05, 4.69) is 11.5 Å². The van der Waals surface area contributed by atoms with Gasteiger partial charge in [0.15, 0.2) is 0 Å².